The second-order valence-corrected chi connectivity index (χ2v) is 11.9. The maximum Gasteiger partial charge on any atom is 0.156 e. The van der Waals surface area contributed by atoms with Crippen molar-refractivity contribution < 1.29 is 9.90 Å². The van der Waals surface area contributed by atoms with Gasteiger partial charge in [-0.1, -0.05) is 88.6 Å². The summed E-state index contributed by atoms with van der Waals surface area (Å²) in [6.07, 6.45) is 8.28. The van der Waals surface area contributed by atoms with E-state index in [1.807, 2.05) is 52.8 Å². The van der Waals surface area contributed by atoms with E-state index >= 15 is 0 Å². The van der Waals surface area contributed by atoms with E-state index in [4.69, 9.17) is 16.6 Å². The fraction of sp³-hybridized carbons (Fsp3) is 0.750. The lowest BCUT2D eigenvalue weighted by molar-refractivity contribution is -0.113. The van der Waals surface area contributed by atoms with Crippen LogP contribution in [0.25, 0.3) is 0 Å². The smallest absolute Gasteiger partial charge is 0.156 e. The molecule has 1 aliphatic rings. The molecule has 5 N–H and O–H groups in total. The molecule has 5 nitrogen and oxygen atoms in total. The molecule has 0 bridgehead atoms. The molecule has 244 valence electrons. The summed E-state index contributed by atoms with van der Waals surface area (Å²) in [5.74, 6) is 2.04. The van der Waals surface area contributed by atoms with Crippen molar-refractivity contribution in [1.82, 2.24) is 4.90 Å². The molecular formula is C36H73N3O2. The van der Waals surface area contributed by atoms with E-state index in [9.17, 15) is 4.79 Å². The maximum atomic E-state index is 10.7. The van der Waals surface area contributed by atoms with Crippen molar-refractivity contribution >= 4 is 5.78 Å². The number of nitrogens with two attached hydrogens (primary N) is 2. The van der Waals surface area contributed by atoms with Crippen LogP contribution in [0.2, 0.25) is 0 Å². The van der Waals surface area contributed by atoms with E-state index in [1.165, 1.54) is 12.0 Å². The van der Waals surface area contributed by atoms with E-state index in [1.54, 1.807) is 19.1 Å². The average Bonchev–Trinajstić information content (AvgIpc) is 3.13. The fourth-order valence-electron chi connectivity index (χ4n) is 4.27. The van der Waals surface area contributed by atoms with Crippen LogP contribution in [0.5, 0.6) is 5.75 Å². The number of phenolic OH excluding ortho intramolecular Hbond substituents is 1. The Morgan fingerprint density at radius 3 is 1.63 bits per heavy atom. The van der Waals surface area contributed by atoms with Gasteiger partial charge in [0.1, 0.15) is 5.75 Å². The first kappa shape index (κ1) is 46.1. The van der Waals surface area contributed by atoms with E-state index in [2.05, 4.69) is 68.4 Å². The van der Waals surface area contributed by atoms with Gasteiger partial charge in [0, 0.05) is 36.4 Å². The SMILES string of the molecule is CC.CC(C)C.CCC.CCN(C)/C=C(\C)C(C)=O.CC[C@@]1(N)CC(C)C[C@@]1(N)CC.CCc1cc(C)cc(O)c1. The molecule has 0 saturated heterocycles. The van der Waals surface area contributed by atoms with Crippen molar-refractivity contribution in [3.05, 3.63) is 41.1 Å². The molecule has 1 aromatic carbocycles. The Morgan fingerprint density at radius 2 is 1.37 bits per heavy atom. The second kappa shape index (κ2) is 25.8. The average molecular weight is 580 g/mol. The molecule has 1 aliphatic carbocycles. The first-order valence-corrected chi connectivity index (χ1v) is 16.2. The number of phenols is 1. The molecule has 0 aromatic heterocycles. The Labute approximate surface area is 257 Å². The number of carbonyl (C=O) groups excluding carboxylic acids is 1. The summed E-state index contributed by atoms with van der Waals surface area (Å²) in [6.45, 7) is 31.7. The molecule has 5 heteroatoms. The number of hydrogen-bond acceptors (Lipinski definition) is 5. The summed E-state index contributed by atoms with van der Waals surface area (Å²) in [5.41, 5.74) is 15.5. The Bertz CT molecular complexity index is 765. The first-order chi connectivity index (χ1) is 18.9. The zero-order chi connectivity index (χ0) is 33.4. The van der Waals surface area contributed by atoms with Gasteiger partial charge in [-0.05, 0) is 94.9 Å². The number of ketones is 1. The number of aryl methyl sites for hydroxylation is 2. The van der Waals surface area contributed by atoms with Crippen LogP contribution in [-0.2, 0) is 11.2 Å². The normalized spacial score (nSPS) is 20.8. The summed E-state index contributed by atoms with van der Waals surface area (Å²) < 4.78 is 0. The molecule has 1 aromatic rings. The summed E-state index contributed by atoms with van der Waals surface area (Å²) in [6, 6.07) is 5.64. The van der Waals surface area contributed by atoms with Gasteiger partial charge in [-0.3, -0.25) is 4.79 Å². The van der Waals surface area contributed by atoms with Crippen LogP contribution < -0.4 is 11.5 Å². The molecule has 0 heterocycles. The van der Waals surface area contributed by atoms with E-state index in [0.29, 0.717) is 11.7 Å². The van der Waals surface area contributed by atoms with Crippen LogP contribution in [0.4, 0.5) is 0 Å². The number of carbonyl (C=O) groups is 1. The quantitative estimate of drug-likeness (QED) is 0.292. The van der Waals surface area contributed by atoms with Gasteiger partial charge >= 0.3 is 0 Å². The number of benzene rings is 1. The van der Waals surface area contributed by atoms with Gasteiger partial charge in [-0.15, -0.1) is 0 Å². The molecule has 2 rings (SSSR count). The minimum atomic E-state index is -0.110. The predicted molar refractivity (Wildman–Crippen MR) is 186 cm³/mol. The van der Waals surface area contributed by atoms with Crippen LogP contribution in [0, 0.1) is 18.8 Å². The molecule has 0 aliphatic heterocycles. The van der Waals surface area contributed by atoms with E-state index in [0.717, 1.165) is 55.7 Å². The molecule has 0 spiro atoms. The zero-order valence-electron chi connectivity index (χ0n) is 30.4. The van der Waals surface area contributed by atoms with Gasteiger partial charge < -0.3 is 21.5 Å². The minimum absolute atomic E-state index is 0.110. The zero-order valence-corrected chi connectivity index (χ0v) is 30.4. The number of Topliss-reactive ketones (excluding diaryl/α,β-unsaturated/α-hetero) is 1. The van der Waals surface area contributed by atoms with Gasteiger partial charge in [-0.2, -0.15) is 0 Å². The number of rotatable bonds is 6. The van der Waals surface area contributed by atoms with E-state index < -0.39 is 0 Å². The first-order valence-electron chi connectivity index (χ1n) is 16.2. The third kappa shape index (κ3) is 22.4. The van der Waals surface area contributed by atoms with E-state index in [-0.39, 0.29) is 16.9 Å². The van der Waals surface area contributed by atoms with Crippen LogP contribution in [-0.4, -0.2) is 40.5 Å². The van der Waals surface area contributed by atoms with Crippen molar-refractivity contribution in [2.75, 3.05) is 13.6 Å². The number of hydrogen-bond donors (Lipinski definition) is 3. The third-order valence-corrected chi connectivity index (χ3v) is 6.68. The highest BCUT2D eigenvalue weighted by molar-refractivity contribution is 5.92. The maximum absolute atomic E-state index is 10.7. The van der Waals surface area contributed by atoms with Crippen LogP contribution in [0.15, 0.2) is 30.0 Å². The molecular weight excluding hydrogens is 506 g/mol. The van der Waals surface area contributed by atoms with Gasteiger partial charge in [0.15, 0.2) is 5.78 Å². The fourth-order valence-corrected chi connectivity index (χ4v) is 4.27. The summed E-state index contributed by atoms with van der Waals surface area (Å²) in [7, 11) is 1.95. The molecule has 1 saturated carbocycles. The van der Waals surface area contributed by atoms with Crippen LogP contribution >= 0.6 is 0 Å². The standard InChI is InChI=1S/C10H22N2.C9H12O.C8H15NO.C4H10.C3H8.C2H6/c1-4-9(11)6-8(3)7-10(9,12)5-2;1-3-8-4-7(2)5-9(10)6-8;1-5-9(4)6-7(2)8(3)10;1-4(2)3;1-3-2;1-2/h8H,4-7,11-12H2,1-3H3;4-6,10H,3H2,1-2H3;6H,5H2,1-4H3;4H,1-3H3;3H2,1-2H3;1-2H3/b;;7-6+;;;/t8?,9-,10+;;;;;. The van der Waals surface area contributed by atoms with Gasteiger partial charge in [-0.25, -0.2) is 0 Å². The molecule has 1 unspecified atom stereocenters. The number of aromatic hydroxyl groups is 1. The Morgan fingerprint density at radius 1 is 0.976 bits per heavy atom. The lowest BCUT2D eigenvalue weighted by atomic mass is 9.77. The lowest BCUT2D eigenvalue weighted by Gasteiger charge is -2.39. The summed E-state index contributed by atoms with van der Waals surface area (Å²) in [4.78, 5) is 12.7. The molecule has 41 heavy (non-hydrogen) atoms. The molecule has 0 amide bonds. The van der Waals surface area contributed by atoms with Crippen LogP contribution in [0.1, 0.15) is 140 Å². The van der Waals surface area contributed by atoms with Gasteiger partial charge in [0.25, 0.3) is 0 Å². The highest BCUT2D eigenvalue weighted by atomic mass is 16.3. The second-order valence-electron chi connectivity index (χ2n) is 11.9. The topological polar surface area (TPSA) is 92.6 Å². The number of allylic oxidation sites excluding steroid dienone is 1. The molecule has 0 radical (unpaired) electrons. The van der Waals surface area contributed by atoms with Gasteiger partial charge in [0.05, 0.1) is 0 Å². The Balaban J connectivity index is -0.000000219. The lowest BCUT2D eigenvalue weighted by Crippen LogP contribution is -2.61. The minimum Gasteiger partial charge on any atom is -0.508 e. The summed E-state index contributed by atoms with van der Waals surface area (Å²) >= 11 is 0. The Kier molecular flexibility index (Phi) is 29.1. The third-order valence-electron chi connectivity index (χ3n) is 6.68. The van der Waals surface area contributed by atoms with Crippen molar-refractivity contribution in [2.24, 2.45) is 23.3 Å². The largest absolute Gasteiger partial charge is 0.508 e. The summed E-state index contributed by atoms with van der Waals surface area (Å²) in [5, 5.41) is 9.12. The van der Waals surface area contributed by atoms with Crippen molar-refractivity contribution in [2.45, 2.75) is 153 Å². The monoisotopic (exact) mass is 580 g/mol. The van der Waals surface area contributed by atoms with Crippen molar-refractivity contribution in [3.8, 4) is 5.75 Å². The number of nitrogens with zero attached hydrogens (tertiary/aromatic N) is 1. The highest BCUT2D eigenvalue weighted by Gasteiger charge is 2.50. The van der Waals surface area contributed by atoms with Crippen LogP contribution in [0.3, 0.4) is 0 Å². The Hall–Kier alpha value is -1.85. The van der Waals surface area contributed by atoms with Crippen molar-refractivity contribution in [3.63, 3.8) is 0 Å². The van der Waals surface area contributed by atoms with Gasteiger partial charge in [0.2, 0.25) is 0 Å². The predicted octanol–water partition coefficient (Wildman–Crippen LogP) is 9.43. The molecule has 1 fully saturated rings. The van der Waals surface area contributed by atoms with Crippen molar-refractivity contribution in [1.29, 1.82) is 0 Å². The highest BCUT2D eigenvalue weighted by Crippen LogP contribution is 2.43. The molecule has 3 atom stereocenters.